The number of methoxy groups -OCH3 is 1. The fourth-order valence-electron chi connectivity index (χ4n) is 1.49. The Bertz CT molecular complexity index is 529. The number of ether oxygens (including phenoxy) is 1. The van der Waals surface area contributed by atoms with Crippen LogP contribution >= 0.6 is 0 Å². The Balaban J connectivity index is 2.04. The first kappa shape index (κ1) is 12.3. The van der Waals surface area contributed by atoms with Crippen LogP contribution in [-0.4, -0.2) is 12.1 Å². The summed E-state index contributed by atoms with van der Waals surface area (Å²) in [5, 5.41) is 2.96. The Kier molecular flexibility index (Phi) is 3.72. The lowest BCUT2D eigenvalue weighted by atomic mass is 10.2. The zero-order valence-electron chi connectivity index (χ0n) is 9.78. The van der Waals surface area contributed by atoms with Gasteiger partial charge in [0.05, 0.1) is 19.0 Å². The number of aromatic nitrogens is 1. The Labute approximate surface area is 103 Å². The number of benzene rings is 1. The highest BCUT2D eigenvalue weighted by atomic mass is 19.2. The van der Waals surface area contributed by atoms with Gasteiger partial charge in [0.15, 0.2) is 11.6 Å². The zero-order valence-corrected chi connectivity index (χ0v) is 9.78. The molecule has 18 heavy (non-hydrogen) atoms. The second kappa shape index (κ2) is 5.44. The minimum atomic E-state index is -0.845. The first-order valence-electron chi connectivity index (χ1n) is 5.37. The van der Waals surface area contributed by atoms with Crippen LogP contribution in [0.15, 0.2) is 36.5 Å². The van der Waals surface area contributed by atoms with Gasteiger partial charge in [-0.15, -0.1) is 0 Å². The lowest BCUT2D eigenvalue weighted by Gasteiger charge is -2.08. The Hall–Kier alpha value is -2.17. The number of nitrogens with zero attached hydrogens (tertiary/aromatic N) is 1. The van der Waals surface area contributed by atoms with E-state index in [1.807, 2.05) is 0 Å². The third-order valence-electron chi connectivity index (χ3n) is 2.46. The third-order valence-corrected chi connectivity index (χ3v) is 2.46. The van der Waals surface area contributed by atoms with Crippen LogP contribution in [-0.2, 0) is 6.54 Å². The van der Waals surface area contributed by atoms with Gasteiger partial charge in [0.1, 0.15) is 0 Å². The van der Waals surface area contributed by atoms with Gasteiger partial charge in [0.2, 0.25) is 5.88 Å². The Morgan fingerprint density at radius 1 is 1.22 bits per heavy atom. The summed E-state index contributed by atoms with van der Waals surface area (Å²) in [6, 6.07) is 7.53. The Morgan fingerprint density at radius 3 is 2.72 bits per heavy atom. The van der Waals surface area contributed by atoms with Gasteiger partial charge in [-0.2, -0.15) is 0 Å². The van der Waals surface area contributed by atoms with E-state index in [1.165, 1.54) is 19.2 Å². The van der Waals surface area contributed by atoms with Crippen molar-refractivity contribution in [2.45, 2.75) is 6.54 Å². The average molecular weight is 250 g/mol. The molecular formula is C13H12F2N2O. The highest BCUT2D eigenvalue weighted by Gasteiger charge is 2.06. The average Bonchev–Trinajstić information content (AvgIpc) is 2.41. The molecule has 1 heterocycles. The molecule has 0 aliphatic heterocycles. The van der Waals surface area contributed by atoms with Gasteiger partial charge in [0, 0.05) is 18.2 Å². The second-order valence-corrected chi connectivity index (χ2v) is 3.66. The summed E-state index contributed by atoms with van der Waals surface area (Å²) in [5.74, 6) is -1.17. The quantitative estimate of drug-likeness (QED) is 0.905. The van der Waals surface area contributed by atoms with E-state index in [9.17, 15) is 8.78 Å². The lowest BCUT2D eigenvalue weighted by Crippen LogP contribution is -2.03. The number of nitrogens with one attached hydrogen (secondary N) is 1. The van der Waals surface area contributed by atoms with Gasteiger partial charge in [-0.1, -0.05) is 12.1 Å². The molecule has 2 aromatic rings. The summed E-state index contributed by atoms with van der Waals surface area (Å²) < 4.78 is 31.3. The zero-order chi connectivity index (χ0) is 13.0. The summed E-state index contributed by atoms with van der Waals surface area (Å²) in [5.41, 5.74) is 0.977. The molecule has 0 aliphatic carbocycles. The molecule has 0 unspecified atom stereocenters. The molecule has 2 rings (SSSR count). The van der Waals surface area contributed by atoms with Crippen molar-refractivity contribution in [2.75, 3.05) is 12.4 Å². The third kappa shape index (κ3) is 2.74. The minimum Gasteiger partial charge on any atom is -0.481 e. The molecule has 94 valence electrons. The molecule has 3 nitrogen and oxygen atoms in total. The van der Waals surface area contributed by atoms with Crippen LogP contribution in [0.3, 0.4) is 0 Å². The molecular weight excluding hydrogens is 238 g/mol. The van der Waals surface area contributed by atoms with Crippen LogP contribution in [0, 0.1) is 11.6 Å². The van der Waals surface area contributed by atoms with Crippen molar-refractivity contribution in [2.24, 2.45) is 0 Å². The molecule has 5 heteroatoms. The number of anilines is 1. The molecule has 1 aromatic heterocycles. The molecule has 0 fully saturated rings. The van der Waals surface area contributed by atoms with Crippen molar-refractivity contribution in [1.82, 2.24) is 4.98 Å². The second-order valence-electron chi connectivity index (χ2n) is 3.66. The predicted octanol–water partition coefficient (Wildman–Crippen LogP) is 2.98. The van der Waals surface area contributed by atoms with E-state index in [-0.39, 0.29) is 12.1 Å². The highest BCUT2D eigenvalue weighted by molar-refractivity contribution is 5.42. The maximum absolute atomic E-state index is 13.4. The van der Waals surface area contributed by atoms with Gasteiger partial charge in [0.25, 0.3) is 0 Å². The van der Waals surface area contributed by atoms with Crippen LogP contribution < -0.4 is 10.1 Å². The SMILES string of the molecule is COc1ccc(NCc2cccc(F)c2F)cn1. The van der Waals surface area contributed by atoms with E-state index in [0.717, 1.165) is 6.07 Å². The predicted molar refractivity (Wildman–Crippen MR) is 64.5 cm³/mol. The maximum Gasteiger partial charge on any atom is 0.213 e. The molecule has 0 saturated heterocycles. The van der Waals surface area contributed by atoms with Crippen molar-refractivity contribution in [3.05, 3.63) is 53.7 Å². The van der Waals surface area contributed by atoms with E-state index >= 15 is 0 Å². The van der Waals surface area contributed by atoms with Crippen LogP contribution in [0.4, 0.5) is 14.5 Å². The van der Waals surface area contributed by atoms with E-state index in [0.29, 0.717) is 11.6 Å². The standard InChI is InChI=1S/C13H12F2N2O/c1-18-12-6-5-10(8-17-12)16-7-9-3-2-4-11(14)13(9)15/h2-6,8,16H,7H2,1H3. The van der Waals surface area contributed by atoms with Crippen molar-refractivity contribution < 1.29 is 13.5 Å². The van der Waals surface area contributed by atoms with Gasteiger partial charge >= 0.3 is 0 Å². The van der Waals surface area contributed by atoms with Crippen molar-refractivity contribution in [1.29, 1.82) is 0 Å². The topological polar surface area (TPSA) is 34.1 Å². The van der Waals surface area contributed by atoms with E-state index in [4.69, 9.17) is 4.74 Å². The normalized spacial score (nSPS) is 10.2. The highest BCUT2D eigenvalue weighted by Crippen LogP contribution is 2.15. The molecule has 0 spiro atoms. The molecule has 1 N–H and O–H groups in total. The van der Waals surface area contributed by atoms with Gasteiger partial charge in [-0.05, 0) is 12.1 Å². The largest absolute Gasteiger partial charge is 0.481 e. The van der Waals surface area contributed by atoms with Crippen molar-refractivity contribution in [3.63, 3.8) is 0 Å². The molecule has 0 saturated carbocycles. The first-order chi connectivity index (χ1) is 8.70. The smallest absolute Gasteiger partial charge is 0.213 e. The molecule has 0 amide bonds. The van der Waals surface area contributed by atoms with Crippen LogP contribution in [0.25, 0.3) is 0 Å². The van der Waals surface area contributed by atoms with Crippen molar-refractivity contribution in [3.8, 4) is 5.88 Å². The maximum atomic E-state index is 13.4. The molecule has 0 atom stereocenters. The molecule has 0 bridgehead atoms. The van der Waals surface area contributed by atoms with E-state index in [2.05, 4.69) is 10.3 Å². The fraction of sp³-hybridized carbons (Fsp3) is 0.154. The van der Waals surface area contributed by atoms with Gasteiger partial charge < -0.3 is 10.1 Å². The number of pyridine rings is 1. The molecule has 0 radical (unpaired) electrons. The molecule has 1 aromatic carbocycles. The monoisotopic (exact) mass is 250 g/mol. The summed E-state index contributed by atoms with van der Waals surface area (Å²) in [6.07, 6.45) is 1.57. The number of hydrogen-bond donors (Lipinski definition) is 1. The summed E-state index contributed by atoms with van der Waals surface area (Å²) in [4.78, 5) is 4.00. The summed E-state index contributed by atoms with van der Waals surface area (Å²) >= 11 is 0. The first-order valence-corrected chi connectivity index (χ1v) is 5.37. The Morgan fingerprint density at radius 2 is 2.06 bits per heavy atom. The van der Waals surface area contributed by atoms with E-state index < -0.39 is 11.6 Å². The molecule has 0 aliphatic rings. The minimum absolute atomic E-state index is 0.192. The van der Waals surface area contributed by atoms with Crippen LogP contribution in [0.5, 0.6) is 5.88 Å². The van der Waals surface area contributed by atoms with Crippen molar-refractivity contribution >= 4 is 5.69 Å². The van der Waals surface area contributed by atoms with Gasteiger partial charge in [-0.25, -0.2) is 13.8 Å². The van der Waals surface area contributed by atoms with Crippen LogP contribution in [0.1, 0.15) is 5.56 Å². The summed E-state index contributed by atoms with van der Waals surface area (Å²) in [6.45, 7) is 0.192. The fourth-order valence-corrected chi connectivity index (χ4v) is 1.49. The summed E-state index contributed by atoms with van der Waals surface area (Å²) in [7, 11) is 1.53. The van der Waals surface area contributed by atoms with Crippen LogP contribution in [0.2, 0.25) is 0 Å². The number of rotatable bonds is 4. The number of halogens is 2. The number of hydrogen-bond acceptors (Lipinski definition) is 3. The van der Waals surface area contributed by atoms with Gasteiger partial charge in [-0.3, -0.25) is 0 Å². The van der Waals surface area contributed by atoms with E-state index in [1.54, 1.807) is 18.3 Å². The lowest BCUT2D eigenvalue weighted by molar-refractivity contribution is 0.398.